The van der Waals surface area contributed by atoms with Crippen LogP contribution in [0.2, 0.25) is 0 Å². The van der Waals surface area contributed by atoms with Crippen LogP contribution in [0.1, 0.15) is 17.5 Å². The Balaban J connectivity index is 2.44. The minimum atomic E-state index is 1.10. The lowest BCUT2D eigenvalue weighted by atomic mass is 10.1. The third kappa shape index (κ3) is 1.63. The summed E-state index contributed by atoms with van der Waals surface area (Å²) in [7, 11) is 1.70. The molecule has 0 saturated carbocycles. The maximum atomic E-state index is 5.04. The summed E-state index contributed by atoms with van der Waals surface area (Å²) in [5.41, 5.74) is 4.06. The molecule has 2 rings (SSSR count). The number of rotatable bonds is 1. The van der Waals surface area contributed by atoms with Gasteiger partial charge in [-0.3, -0.25) is 0 Å². The molecule has 0 N–H and O–H groups in total. The summed E-state index contributed by atoms with van der Waals surface area (Å²) in [5, 5.41) is 0. The number of benzene rings is 1. The van der Waals surface area contributed by atoms with E-state index in [9.17, 15) is 0 Å². The number of methoxy groups -OCH3 is 1. The quantitative estimate of drug-likeness (QED) is 0.682. The molecule has 0 saturated heterocycles. The van der Waals surface area contributed by atoms with Crippen LogP contribution in [0.4, 0.5) is 0 Å². The second-order valence-electron chi connectivity index (χ2n) is 3.18. The van der Waals surface area contributed by atoms with Gasteiger partial charge in [-0.25, -0.2) is 0 Å². The molecule has 1 aliphatic carbocycles. The largest absolute Gasteiger partial charge is 0.504 e. The van der Waals surface area contributed by atoms with E-state index in [-0.39, 0.29) is 0 Å². The van der Waals surface area contributed by atoms with Crippen molar-refractivity contribution in [2.45, 2.75) is 12.8 Å². The maximum absolute atomic E-state index is 5.04. The van der Waals surface area contributed by atoms with Crippen LogP contribution in [0.15, 0.2) is 28.9 Å². The first kappa shape index (κ1) is 8.82. The number of fused-ring (bicyclic) bond motifs is 1. The molecular formula is C11H11BrO. The van der Waals surface area contributed by atoms with Gasteiger partial charge in [0.15, 0.2) is 0 Å². The van der Waals surface area contributed by atoms with Crippen molar-refractivity contribution in [2.75, 3.05) is 7.11 Å². The van der Waals surface area contributed by atoms with Crippen LogP contribution < -0.4 is 0 Å². The van der Waals surface area contributed by atoms with E-state index in [1.807, 2.05) is 6.26 Å². The molecule has 0 radical (unpaired) electrons. The molecule has 1 aromatic carbocycles. The van der Waals surface area contributed by atoms with Crippen LogP contribution in [0.3, 0.4) is 0 Å². The summed E-state index contributed by atoms with van der Waals surface area (Å²) >= 11 is 3.47. The number of allylic oxidation sites excluding steroid dienone is 1. The third-order valence-electron chi connectivity index (χ3n) is 2.34. The van der Waals surface area contributed by atoms with Gasteiger partial charge in [0.2, 0.25) is 0 Å². The Labute approximate surface area is 86.5 Å². The van der Waals surface area contributed by atoms with Crippen molar-refractivity contribution in [3.63, 3.8) is 0 Å². The zero-order valence-electron chi connectivity index (χ0n) is 7.51. The average Bonchev–Trinajstić information content (AvgIpc) is 2.49. The van der Waals surface area contributed by atoms with Gasteiger partial charge in [-0.2, -0.15) is 0 Å². The van der Waals surface area contributed by atoms with Gasteiger partial charge in [-0.15, -0.1) is 0 Å². The van der Waals surface area contributed by atoms with Crippen LogP contribution in [0.5, 0.6) is 0 Å². The molecule has 0 spiro atoms. The molecule has 1 aliphatic rings. The Morgan fingerprint density at radius 1 is 1.38 bits per heavy atom. The molecule has 68 valence electrons. The molecule has 0 fully saturated rings. The van der Waals surface area contributed by atoms with Gasteiger partial charge in [0.25, 0.3) is 0 Å². The van der Waals surface area contributed by atoms with Gasteiger partial charge in [0.05, 0.1) is 13.4 Å². The Morgan fingerprint density at radius 2 is 2.23 bits per heavy atom. The van der Waals surface area contributed by atoms with Gasteiger partial charge >= 0.3 is 0 Å². The van der Waals surface area contributed by atoms with E-state index in [1.54, 1.807) is 7.11 Å². The molecule has 0 bridgehead atoms. The van der Waals surface area contributed by atoms with Gasteiger partial charge in [-0.05, 0) is 41.7 Å². The summed E-state index contributed by atoms with van der Waals surface area (Å²) in [6.45, 7) is 0. The zero-order chi connectivity index (χ0) is 9.26. The first-order valence-electron chi connectivity index (χ1n) is 4.32. The Kier molecular flexibility index (Phi) is 2.40. The van der Waals surface area contributed by atoms with E-state index in [1.165, 1.54) is 16.7 Å². The number of halogens is 1. The van der Waals surface area contributed by atoms with Crippen molar-refractivity contribution in [2.24, 2.45) is 0 Å². The lowest BCUT2D eigenvalue weighted by Crippen LogP contribution is -1.81. The standard InChI is InChI=1S/C11H11BrO/c1-13-7-9-3-2-8-6-10(12)4-5-11(8)9/h4-7H,2-3H2,1H3. The number of hydrogen-bond donors (Lipinski definition) is 0. The first-order chi connectivity index (χ1) is 6.31. The number of ether oxygens (including phenoxy) is 1. The van der Waals surface area contributed by atoms with Crippen molar-refractivity contribution in [1.29, 1.82) is 0 Å². The van der Waals surface area contributed by atoms with E-state index in [2.05, 4.69) is 34.1 Å². The predicted molar refractivity (Wildman–Crippen MR) is 57.4 cm³/mol. The summed E-state index contributed by atoms with van der Waals surface area (Å²) in [4.78, 5) is 0. The molecule has 0 amide bonds. The van der Waals surface area contributed by atoms with Gasteiger partial charge in [0, 0.05) is 4.47 Å². The highest BCUT2D eigenvalue weighted by molar-refractivity contribution is 9.10. The van der Waals surface area contributed by atoms with E-state index in [0.29, 0.717) is 0 Å². The number of hydrogen-bond acceptors (Lipinski definition) is 1. The summed E-state index contributed by atoms with van der Waals surface area (Å²) < 4.78 is 6.20. The molecule has 13 heavy (non-hydrogen) atoms. The Morgan fingerprint density at radius 3 is 3.00 bits per heavy atom. The van der Waals surface area contributed by atoms with Gasteiger partial charge in [-0.1, -0.05) is 22.0 Å². The maximum Gasteiger partial charge on any atom is 0.0862 e. The highest BCUT2D eigenvalue weighted by atomic mass is 79.9. The predicted octanol–water partition coefficient (Wildman–Crippen LogP) is 3.38. The van der Waals surface area contributed by atoms with Gasteiger partial charge < -0.3 is 4.74 Å². The van der Waals surface area contributed by atoms with Crippen molar-refractivity contribution < 1.29 is 4.74 Å². The minimum Gasteiger partial charge on any atom is -0.504 e. The van der Waals surface area contributed by atoms with Crippen LogP contribution in [0, 0.1) is 0 Å². The molecule has 0 aromatic heterocycles. The lowest BCUT2D eigenvalue weighted by molar-refractivity contribution is 0.339. The van der Waals surface area contributed by atoms with Crippen LogP contribution >= 0.6 is 15.9 Å². The van der Waals surface area contributed by atoms with E-state index in [0.717, 1.165) is 17.3 Å². The highest BCUT2D eigenvalue weighted by Crippen LogP contribution is 2.33. The fraction of sp³-hybridized carbons (Fsp3) is 0.273. The second-order valence-corrected chi connectivity index (χ2v) is 4.10. The molecule has 0 atom stereocenters. The van der Waals surface area contributed by atoms with Crippen molar-refractivity contribution in [1.82, 2.24) is 0 Å². The van der Waals surface area contributed by atoms with Crippen LogP contribution in [-0.4, -0.2) is 7.11 Å². The van der Waals surface area contributed by atoms with E-state index >= 15 is 0 Å². The Bertz CT molecular complexity index is 355. The summed E-state index contributed by atoms with van der Waals surface area (Å²) in [6.07, 6.45) is 4.07. The van der Waals surface area contributed by atoms with E-state index in [4.69, 9.17) is 4.74 Å². The lowest BCUT2D eigenvalue weighted by Gasteiger charge is -2.00. The highest BCUT2D eigenvalue weighted by Gasteiger charge is 2.15. The molecule has 1 aromatic rings. The summed E-state index contributed by atoms with van der Waals surface area (Å²) in [5.74, 6) is 0. The monoisotopic (exact) mass is 238 g/mol. The second kappa shape index (κ2) is 3.54. The smallest absolute Gasteiger partial charge is 0.0862 e. The van der Waals surface area contributed by atoms with E-state index < -0.39 is 0 Å². The minimum absolute atomic E-state index is 1.10. The normalized spacial score (nSPS) is 17.5. The molecule has 0 heterocycles. The van der Waals surface area contributed by atoms with Crippen molar-refractivity contribution >= 4 is 21.5 Å². The number of aryl methyl sites for hydroxylation is 1. The zero-order valence-corrected chi connectivity index (χ0v) is 9.10. The fourth-order valence-electron chi connectivity index (χ4n) is 1.75. The van der Waals surface area contributed by atoms with Gasteiger partial charge in [0.1, 0.15) is 0 Å². The average molecular weight is 239 g/mol. The molecular weight excluding hydrogens is 228 g/mol. The molecule has 1 nitrogen and oxygen atoms in total. The Hall–Kier alpha value is -0.760. The molecule has 0 aliphatic heterocycles. The fourth-order valence-corrected chi connectivity index (χ4v) is 2.16. The molecule has 2 heteroatoms. The SMILES string of the molecule is COC=C1CCc2cc(Br)ccc21. The molecule has 0 unspecified atom stereocenters. The van der Waals surface area contributed by atoms with Crippen LogP contribution in [-0.2, 0) is 11.2 Å². The topological polar surface area (TPSA) is 9.23 Å². The summed E-state index contributed by atoms with van der Waals surface area (Å²) in [6, 6.07) is 6.41. The third-order valence-corrected chi connectivity index (χ3v) is 2.83. The van der Waals surface area contributed by atoms with Crippen molar-refractivity contribution in [3.05, 3.63) is 40.1 Å². The first-order valence-corrected chi connectivity index (χ1v) is 5.11. The van der Waals surface area contributed by atoms with Crippen molar-refractivity contribution in [3.8, 4) is 0 Å². The van der Waals surface area contributed by atoms with Crippen LogP contribution in [0.25, 0.3) is 5.57 Å².